The van der Waals surface area contributed by atoms with E-state index in [0.717, 1.165) is 38.8 Å². The smallest absolute Gasteiger partial charge is 0.220 e. The summed E-state index contributed by atoms with van der Waals surface area (Å²) in [4.78, 5) is 14.6. The fourth-order valence-corrected chi connectivity index (χ4v) is 2.95. The second kappa shape index (κ2) is 9.42. The third-order valence-corrected chi connectivity index (χ3v) is 4.63. The van der Waals surface area contributed by atoms with Crippen molar-refractivity contribution >= 4 is 5.91 Å². The van der Waals surface area contributed by atoms with E-state index in [0.29, 0.717) is 19.0 Å². The molecule has 3 N–H and O–H groups in total. The summed E-state index contributed by atoms with van der Waals surface area (Å²) in [5.74, 6) is 0.215. The SMILES string of the molecule is CCCCN1CCC(NC(=O)CCC(C)(C)CCN)CC1. The van der Waals surface area contributed by atoms with Crippen LogP contribution in [0, 0.1) is 5.41 Å². The van der Waals surface area contributed by atoms with Crippen molar-refractivity contribution in [1.29, 1.82) is 0 Å². The molecule has 1 amide bonds. The van der Waals surface area contributed by atoms with Crippen LogP contribution in [0.1, 0.15) is 65.7 Å². The highest BCUT2D eigenvalue weighted by molar-refractivity contribution is 5.76. The molecule has 0 unspecified atom stereocenters. The predicted molar refractivity (Wildman–Crippen MR) is 89.2 cm³/mol. The molecule has 1 rings (SSSR count). The third kappa shape index (κ3) is 7.82. The zero-order valence-electron chi connectivity index (χ0n) is 14.3. The van der Waals surface area contributed by atoms with E-state index < -0.39 is 0 Å². The van der Waals surface area contributed by atoms with Gasteiger partial charge in [-0.2, -0.15) is 0 Å². The molecule has 0 aromatic rings. The predicted octanol–water partition coefficient (Wildman–Crippen LogP) is 2.52. The Morgan fingerprint density at radius 3 is 2.52 bits per heavy atom. The lowest BCUT2D eigenvalue weighted by Gasteiger charge is -2.32. The maximum atomic E-state index is 12.1. The summed E-state index contributed by atoms with van der Waals surface area (Å²) < 4.78 is 0. The van der Waals surface area contributed by atoms with Crippen LogP contribution >= 0.6 is 0 Å². The molecule has 1 aliphatic rings. The number of piperidine rings is 1. The highest BCUT2D eigenvalue weighted by Crippen LogP contribution is 2.25. The number of nitrogens with zero attached hydrogens (tertiary/aromatic N) is 1. The largest absolute Gasteiger partial charge is 0.353 e. The van der Waals surface area contributed by atoms with Gasteiger partial charge in [0, 0.05) is 25.6 Å². The lowest BCUT2D eigenvalue weighted by atomic mass is 9.84. The molecule has 0 atom stereocenters. The van der Waals surface area contributed by atoms with Crippen LogP contribution in [-0.2, 0) is 4.79 Å². The summed E-state index contributed by atoms with van der Waals surface area (Å²) in [7, 11) is 0. The minimum atomic E-state index is 0.176. The quantitative estimate of drug-likeness (QED) is 0.687. The number of nitrogens with two attached hydrogens (primary N) is 1. The van der Waals surface area contributed by atoms with Gasteiger partial charge in [-0.25, -0.2) is 0 Å². The summed E-state index contributed by atoms with van der Waals surface area (Å²) in [5.41, 5.74) is 5.79. The number of unbranched alkanes of at least 4 members (excludes halogenated alkanes) is 1. The van der Waals surface area contributed by atoms with Crippen molar-refractivity contribution in [2.75, 3.05) is 26.2 Å². The molecule has 0 bridgehead atoms. The van der Waals surface area contributed by atoms with Gasteiger partial charge in [-0.15, -0.1) is 0 Å². The molecule has 1 fully saturated rings. The molecule has 1 aliphatic heterocycles. The minimum Gasteiger partial charge on any atom is -0.353 e. The van der Waals surface area contributed by atoms with E-state index in [-0.39, 0.29) is 11.3 Å². The van der Waals surface area contributed by atoms with Gasteiger partial charge < -0.3 is 16.0 Å². The number of rotatable bonds is 9. The monoisotopic (exact) mass is 297 g/mol. The second-order valence-electron chi connectivity index (χ2n) is 7.24. The summed E-state index contributed by atoms with van der Waals surface area (Å²) >= 11 is 0. The average Bonchev–Trinajstić information content (AvgIpc) is 2.44. The first kappa shape index (κ1) is 18.4. The van der Waals surface area contributed by atoms with Crippen molar-refractivity contribution in [3.8, 4) is 0 Å². The van der Waals surface area contributed by atoms with Crippen molar-refractivity contribution in [2.45, 2.75) is 71.8 Å². The number of carbonyl (C=O) groups excluding carboxylic acids is 1. The molecule has 0 saturated carbocycles. The fourth-order valence-electron chi connectivity index (χ4n) is 2.95. The van der Waals surface area contributed by atoms with Gasteiger partial charge in [0.15, 0.2) is 0 Å². The lowest BCUT2D eigenvalue weighted by Crippen LogP contribution is -2.45. The molecule has 0 aromatic carbocycles. The van der Waals surface area contributed by atoms with Crippen molar-refractivity contribution in [2.24, 2.45) is 11.1 Å². The third-order valence-electron chi connectivity index (χ3n) is 4.63. The summed E-state index contributed by atoms with van der Waals surface area (Å²) in [6, 6.07) is 0.382. The van der Waals surface area contributed by atoms with Crippen LogP contribution in [0.4, 0.5) is 0 Å². The van der Waals surface area contributed by atoms with Gasteiger partial charge in [0.05, 0.1) is 0 Å². The Hall–Kier alpha value is -0.610. The first-order valence-electron chi connectivity index (χ1n) is 8.68. The lowest BCUT2D eigenvalue weighted by molar-refractivity contribution is -0.122. The molecular weight excluding hydrogens is 262 g/mol. The maximum absolute atomic E-state index is 12.1. The van der Waals surface area contributed by atoms with Crippen LogP contribution in [0.3, 0.4) is 0 Å². The number of likely N-dealkylation sites (tertiary alicyclic amines) is 1. The van der Waals surface area contributed by atoms with Gasteiger partial charge in [-0.3, -0.25) is 4.79 Å². The zero-order chi connectivity index (χ0) is 15.7. The molecule has 0 aromatic heterocycles. The van der Waals surface area contributed by atoms with Crippen molar-refractivity contribution in [1.82, 2.24) is 10.2 Å². The molecule has 0 aliphatic carbocycles. The van der Waals surface area contributed by atoms with Crippen molar-refractivity contribution in [3.05, 3.63) is 0 Å². The molecule has 4 heteroatoms. The maximum Gasteiger partial charge on any atom is 0.220 e. The minimum absolute atomic E-state index is 0.176. The number of hydrogen-bond acceptors (Lipinski definition) is 3. The van der Waals surface area contributed by atoms with Gasteiger partial charge >= 0.3 is 0 Å². The van der Waals surface area contributed by atoms with Crippen LogP contribution in [0.2, 0.25) is 0 Å². The van der Waals surface area contributed by atoms with E-state index in [4.69, 9.17) is 5.73 Å². The molecule has 1 heterocycles. The van der Waals surface area contributed by atoms with E-state index >= 15 is 0 Å². The van der Waals surface area contributed by atoms with Crippen LogP contribution in [0.25, 0.3) is 0 Å². The molecule has 124 valence electrons. The van der Waals surface area contributed by atoms with Gasteiger partial charge in [-0.05, 0) is 50.6 Å². The number of hydrogen-bond donors (Lipinski definition) is 2. The fraction of sp³-hybridized carbons (Fsp3) is 0.941. The Labute approximate surface area is 130 Å². The van der Waals surface area contributed by atoms with Crippen molar-refractivity contribution in [3.63, 3.8) is 0 Å². The highest BCUT2D eigenvalue weighted by atomic mass is 16.1. The Bertz CT molecular complexity index is 296. The summed E-state index contributed by atoms with van der Waals surface area (Å²) in [6.07, 6.45) is 7.27. The van der Waals surface area contributed by atoms with Crippen LogP contribution in [0.5, 0.6) is 0 Å². The van der Waals surface area contributed by atoms with E-state index in [2.05, 4.69) is 31.0 Å². The molecule has 0 radical (unpaired) electrons. The van der Waals surface area contributed by atoms with Gasteiger partial charge in [0.1, 0.15) is 0 Å². The average molecular weight is 297 g/mol. The Kier molecular flexibility index (Phi) is 8.27. The normalized spacial score (nSPS) is 17.9. The van der Waals surface area contributed by atoms with E-state index in [1.165, 1.54) is 19.4 Å². The zero-order valence-corrected chi connectivity index (χ0v) is 14.3. The van der Waals surface area contributed by atoms with Crippen molar-refractivity contribution < 1.29 is 4.79 Å². The Balaban J connectivity index is 2.18. The van der Waals surface area contributed by atoms with Gasteiger partial charge in [-0.1, -0.05) is 27.2 Å². The molecular formula is C17H35N3O. The van der Waals surface area contributed by atoms with Crippen LogP contribution in [0.15, 0.2) is 0 Å². The van der Waals surface area contributed by atoms with Gasteiger partial charge in [0.25, 0.3) is 0 Å². The van der Waals surface area contributed by atoms with E-state index in [1.54, 1.807) is 0 Å². The number of carbonyl (C=O) groups is 1. The number of nitrogens with one attached hydrogen (secondary N) is 1. The first-order chi connectivity index (χ1) is 9.96. The number of amides is 1. The summed E-state index contributed by atoms with van der Waals surface area (Å²) in [5, 5.41) is 3.21. The molecule has 1 saturated heterocycles. The highest BCUT2D eigenvalue weighted by Gasteiger charge is 2.22. The molecule has 4 nitrogen and oxygen atoms in total. The molecule has 0 spiro atoms. The second-order valence-corrected chi connectivity index (χ2v) is 7.24. The topological polar surface area (TPSA) is 58.4 Å². The van der Waals surface area contributed by atoms with Crippen LogP contribution in [-0.4, -0.2) is 43.0 Å². The molecule has 21 heavy (non-hydrogen) atoms. The Morgan fingerprint density at radius 1 is 1.29 bits per heavy atom. The van der Waals surface area contributed by atoms with E-state index in [9.17, 15) is 4.79 Å². The standard InChI is InChI=1S/C17H35N3O/c1-4-5-12-20-13-7-15(8-14-20)19-16(21)6-9-17(2,3)10-11-18/h15H,4-14,18H2,1-3H3,(H,19,21). The van der Waals surface area contributed by atoms with E-state index in [1.807, 2.05) is 0 Å². The van der Waals surface area contributed by atoms with Gasteiger partial charge in [0.2, 0.25) is 5.91 Å². The van der Waals surface area contributed by atoms with Crippen LogP contribution < -0.4 is 11.1 Å². The first-order valence-corrected chi connectivity index (χ1v) is 8.68. The Morgan fingerprint density at radius 2 is 1.95 bits per heavy atom. The summed E-state index contributed by atoms with van der Waals surface area (Å²) in [6.45, 7) is 10.8.